The number of nitrogens with zero attached hydrogens (tertiary/aromatic N) is 1. The van der Waals surface area contributed by atoms with Gasteiger partial charge in [0.15, 0.2) is 17.1 Å². The smallest absolute Gasteiger partial charge is 0.326 e. The van der Waals surface area contributed by atoms with Crippen LogP contribution < -0.4 is 4.74 Å². The van der Waals surface area contributed by atoms with Crippen LogP contribution in [0.2, 0.25) is 0 Å². The topological polar surface area (TPSA) is 80.0 Å². The van der Waals surface area contributed by atoms with Gasteiger partial charge in [-0.15, -0.1) is 0 Å². The van der Waals surface area contributed by atoms with Crippen LogP contribution in [-0.2, 0) is 4.79 Å². The Morgan fingerprint density at radius 2 is 2.18 bits per heavy atom. The van der Waals surface area contributed by atoms with Crippen molar-refractivity contribution in [2.45, 2.75) is 25.3 Å². The number of likely N-dealkylation sites (tertiary alicyclic amines) is 1. The molecule has 1 fully saturated rings. The highest BCUT2D eigenvalue weighted by molar-refractivity contribution is 5.99. The lowest BCUT2D eigenvalue weighted by Crippen LogP contribution is -2.47. The molecule has 1 atom stereocenters. The molecule has 6 nitrogen and oxygen atoms in total. The van der Waals surface area contributed by atoms with E-state index in [1.54, 1.807) is 12.1 Å². The van der Waals surface area contributed by atoms with E-state index >= 15 is 0 Å². The van der Waals surface area contributed by atoms with Gasteiger partial charge in [-0.25, -0.2) is 4.79 Å². The first-order chi connectivity index (χ1) is 10.6. The molecule has 0 spiro atoms. The fourth-order valence-electron chi connectivity index (χ4n) is 2.88. The number of amides is 1. The van der Waals surface area contributed by atoms with E-state index in [1.807, 2.05) is 12.1 Å². The number of rotatable bonds is 3. The molecule has 1 saturated heterocycles. The Labute approximate surface area is 127 Å². The highest BCUT2D eigenvalue weighted by Gasteiger charge is 2.34. The lowest BCUT2D eigenvalue weighted by atomic mass is 10.0. The van der Waals surface area contributed by atoms with Gasteiger partial charge in [0.2, 0.25) is 0 Å². The van der Waals surface area contributed by atoms with E-state index in [1.165, 1.54) is 12.0 Å². The number of para-hydroxylation sites is 1. The molecule has 3 rings (SSSR count). The largest absolute Gasteiger partial charge is 0.493 e. The number of ether oxygens (including phenoxy) is 1. The zero-order chi connectivity index (χ0) is 15.7. The van der Waals surface area contributed by atoms with Crippen LogP contribution in [-0.4, -0.2) is 41.6 Å². The number of carbonyl (C=O) groups excluding carboxylic acids is 1. The number of carboxylic acid groups (broad SMARTS) is 1. The summed E-state index contributed by atoms with van der Waals surface area (Å²) in [4.78, 5) is 25.3. The molecule has 2 heterocycles. The summed E-state index contributed by atoms with van der Waals surface area (Å²) in [7, 11) is 1.53. The molecule has 1 aromatic carbocycles. The van der Waals surface area contributed by atoms with Crippen LogP contribution in [0.3, 0.4) is 0 Å². The molecule has 1 aliphatic heterocycles. The van der Waals surface area contributed by atoms with Crippen molar-refractivity contribution >= 4 is 22.8 Å². The van der Waals surface area contributed by atoms with Crippen LogP contribution in [0.25, 0.3) is 11.0 Å². The van der Waals surface area contributed by atoms with E-state index in [4.69, 9.17) is 9.15 Å². The number of hydrogen-bond donors (Lipinski definition) is 1. The number of carbonyl (C=O) groups is 2. The number of methoxy groups -OCH3 is 1. The molecular weight excluding hydrogens is 286 g/mol. The number of aliphatic carboxylic acids is 1. The standard InChI is InChI=1S/C16H17NO5/c1-21-12-7-4-5-10-9-13(22-14(10)12)15(18)17-8-3-2-6-11(17)16(19)20/h4-5,7,9,11H,2-3,6,8H2,1H3,(H,19,20). The predicted octanol–water partition coefficient (Wildman–Crippen LogP) is 2.52. The van der Waals surface area contributed by atoms with Gasteiger partial charge in [-0.1, -0.05) is 12.1 Å². The van der Waals surface area contributed by atoms with Gasteiger partial charge in [-0.2, -0.15) is 0 Å². The number of fused-ring (bicyclic) bond motifs is 1. The third-order valence-electron chi connectivity index (χ3n) is 3.99. The lowest BCUT2D eigenvalue weighted by Gasteiger charge is -2.32. The van der Waals surface area contributed by atoms with E-state index < -0.39 is 12.0 Å². The van der Waals surface area contributed by atoms with Crippen molar-refractivity contribution in [3.05, 3.63) is 30.0 Å². The highest BCUT2D eigenvalue weighted by atomic mass is 16.5. The van der Waals surface area contributed by atoms with Gasteiger partial charge >= 0.3 is 5.97 Å². The van der Waals surface area contributed by atoms with Gasteiger partial charge in [0, 0.05) is 11.9 Å². The predicted molar refractivity (Wildman–Crippen MR) is 79.1 cm³/mol. The second-order valence-corrected chi connectivity index (χ2v) is 5.34. The normalized spacial score (nSPS) is 18.4. The summed E-state index contributed by atoms with van der Waals surface area (Å²) < 4.78 is 10.8. The Balaban J connectivity index is 1.96. The minimum atomic E-state index is -0.971. The lowest BCUT2D eigenvalue weighted by molar-refractivity contribution is -0.143. The zero-order valence-electron chi connectivity index (χ0n) is 12.2. The zero-order valence-corrected chi connectivity index (χ0v) is 12.2. The summed E-state index contributed by atoms with van der Waals surface area (Å²) >= 11 is 0. The summed E-state index contributed by atoms with van der Waals surface area (Å²) in [5.41, 5.74) is 0.497. The number of piperidine rings is 1. The maximum atomic E-state index is 12.6. The molecule has 116 valence electrons. The summed E-state index contributed by atoms with van der Waals surface area (Å²) in [5, 5.41) is 10.0. The van der Waals surface area contributed by atoms with Crippen molar-refractivity contribution in [2.24, 2.45) is 0 Å². The Bertz CT molecular complexity index is 720. The minimum Gasteiger partial charge on any atom is -0.493 e. The molecule has 0 aliphatic carbocycles. The van der Waals surface area contributed by atoms with Crippen molar-refractivity contribution in [2.75, 3.05) is 13.7 Å². The van der Waals surface area contributed by atoms with Crippen molar-refractivity contribution in [1.29, 1.82) is 0 Å². The van der Waals surface area contributed by atoms with Crippen LogP contribution in [0.4, 0.5) is 0 Å². The maximum absolute atomic E-state index is 12.6. The van der Waals surface area contributed by atoms with E-state index in [9.17, 15) is 14.7 Å². The highest BCUT2D eigenvalue weighted by Crippen LogP contribution is 2.30. The first kappa shape index (κ1) is 14.4. The Kier molecular flexibility index (Phi) is 3.75. The molecule has 0 radical (unpaired) electrons. The summed E-state index contributed by atoms with van der Waals surface area (Å²) in [6, 6.07) is 6.24. The molecular formula is C16H17NO5. The van der Waals surface area contributed by atoms with E-state index in [-0.39, 0.29) is 11.7 Å². The van der Waals surface area contributed by atoms with Gasteiger partial charge in [0.25, 0.3) is 5.91 Å². The molecule has 6 heteroatoms. The van der Waals surface area contributed by atoms with E-state index in [2.05, 4.69) is 0 Å². The average molecular weight is 303 g/mol. The van der Waals surface area contributed by atoms with Gasteiger partial charge in [-0.3, -0.25) is 4.79 Å². The van der Waals surface area contributed by atoms with E-state index in [0.717, 1.165) is 18.2 Å². The van der Waals surface area contributed by atoms with Crippen LogP contribution in [0, 0.1) is 0 Å². The van der Waals surface area contributed by atoms with Gasteiger partial charge in [0.05, 0.1) is 7.11 Å². The van der Waals surface area contributed by atoms with E-state index in [0.29, 0.717) is 24.3 Å². The number of benzene rings is 1. The van der Waals surface area contributed by atoms with Crippen molar-refractivity contribution in [3.63, 3.8) is 0 Å². The minimum absolute atomic E-state index is 0.146. The van der Waals surface area contributed by atoms with Gasteiger partial charge in [-0.05, 0) is 31.4 Å². The van der Waals surface area contributed by atoms with Crippen LogP contribution in [0.5, 0.6) is 5.75 Å². The molecule has 22 heavy (non-hydrogen) atoms. The summed E-state index contributed by atoms with van der Waals surface area (Å²) in [5.74, 6) is -0.662. The fraction of sp³-hybridized carbons (Fsp3) is 0.375. The third-order valence-corrected chi connectivity index (χ3v) is 3.99. The fourth-order valence-corrected chi connectivity index (χ4v) is 2.88. The maximum Gasteiger partial charge on any atom is 0.326 e. The number of furan rings is 1. The van der Waals surface area contributed by atoms with Crippen molar-refractivity contribution in [3.8, 4) is 5.75 Å². The molecule has 2 aromatic rings. The molecule has 0 bridgehead atoms. The van der Waals surface area contributed by atoms with Crippen LogP contribution in [0.15, 0.2) is 28.7 Å². The van der Waals surface area contributed by atoms with Crippen LogP contribution >= 0.6 is 0 Å². The second-order valence-electron chi connectivity index (χ2n) is 5.34. The second kappa shape index (κ2) is 5.71. The summed E-state index contributed by atoms with van der Waals surface area (Å²) in [6.07, 6.45) is 2.10. The molecule has 1 N–H and O–H groups in total. The first-order valence-corrected chi connectivity index (χ1v) is 7.22. The Hall–Kier alpha value is -2.50. The molecule has 1 aromatic heterocycles. The quantitative estimate of drug-likeness (QED) is 0.942. The Morgan fingerprint density at radius 3 is 2.91 bits per heavy atom. The average Bonchev–Trinajstić information content (AvgIpc) is 2.98. The first-order valence-electron chi connectivity index (χ1n) is 7.22. The molecule has 1 unspecified atom stereocenters. The van der Waals surface area contributed by atoms with Crippen molar-refractivity contribution in [1.82, 2.24) is 4.90 Å². The Morgan fingerprint density at radius 1 is 1.36 bits per heavy atom. The van der Waals surface area contributed by atoms with Gasteiger partial charge < -0.3 is 19.2 Å². The monoisotopic (exact) mass is 303 g/mol. The van der Waals surface area contributed by atoms with Crippen molar-refractivity contribution < 1.29 is 23.8 Å². The molecule has 0 saturated carbocycles. The number of carboxylic acids is 1. The molecule has 1 amide bonds. The summed E-state index contributed by atoms with van der Waals surface area (Å²) in [6.45, 7) is 0.435. The van der Waals surface area contributed by atoms with Crippen LogP contribution in [0.1, 0.15) is 29.8 Å². The number of hydrogen-bond acceptors (Lipinski definition) is 4. The third kappa shape index (κ3) is 2.41. The molecule has 1 aliphatic rings. The van der Waals surface area contributed by atoms with Gasteiger partial charge in [0.1, 0.15) is 6.04 Å². The SMILES string of the molecule is COc1cccc2cc(C(=O)N3CCCCC3C(=O)O)oc12.